The molecule has 32 heavy (non-hydrogen) atoms. The molecule has 0 aromatic heterocycles. The zero-order valence-corrected chi connectivity index (χ0v) is 19.2. The Labute approximate surface area is 187 Å². The molecule has 3 rings (SSSR count). The van der Waals surface area contributed by atoms with E-state index >= 15 is 0 Å². The van der Waals surface area contributed by atoms with Gasteiger partial charge in [-0.1, -0.05) is 32.0 Å². The second kappa shape index (κ2) is 9.22. The van der Waals surface area contributed by atoms with Crippen LogP contribution in [0.5, 0.6) is 0 Å². The van der Waals surface area contributed by atoms with Crippen molar-refractivity contribution in [3.05, 3.63) is 64.7 Å². The number of hydrogen-bond acceptors (Lipinski definition) is 6. The van der Waals surface area contributed by atoms with Crippen LogP contribution in [0.2, 0.25) is 0 Å². The highest BCUT2D eigenvalue weighted by atomic mass is 32.2. The van der Waals surface area contributed by atoms with Crippen LogP contribution in [-0.2, 0) is 19.6 Å². The van der Waals surface area contributed by atoms with Gasteiger partial charge in [-0.25, -0.2) is 8.42 Å². The first-order valence-corrected chi connectivity index (χ1v) is 11.7. The fraction of sp³-hybridized carbons (Fsp3) is 0.348. The number of imide groups is 1. The number of nitrogens with one attached hydrogen (secondary N) is 1. The first-order chi connectivity index (χ1) is 15.0. The Balaban J connectivity index is 1.64. The molecule has 1 N–H and O–H groups in total. The lowest BCUT2D eigenvalue weighted by Gasteiger charge is -2.22. The highest BCUT2D eigenvalue weighted by molar-refractivity contribution is 7.89. The van der Waals surface area contributed by atoms with E-state index in [1.807, 2.05) is 13.8 Å². The number of aryl methyl sites for hydroxylation is 2. The smallest absolute Gasteiger partial charge is 0.324 e. The molecule has 1 heterocycles. The Morgan fingerprint density at radius 1 is 1.00 bits per heavy atom. The molecule has 0 spiro atoms. The topological polar surface area (TPSA) is 110 Å². The Bertz CT molecular complexity index is 1140. The maximum atomic E-state index is 12.8. The minimum Gasteiger partial charge on any atom is -0.463 e. The van der Waals surface area contributed by atoms with Crippen LogP contribution >= 0.6 is 0 Å². The fourth-order valence-electron chi connectivity index (χ4n) is 3.34. The zero-order valence-electron chi connectivity index (χ0n) is 18.4. The van der Waals surface area contributed by atoms with E-state index in [9.17, 15) is 22.8 Å². The summed E-state index contributed by atoms with van der Waals surface area (Å²) in [5, 5.41) is 0. The minimum atomic E-state index is -3.95. The highest BCUT2D eigenvalue weighted by Crippen LogP contribution is 2.22. The Hall–Kier alpha value is -3.04. The van der Waals surface area contributed by atoms with E-state index in [0.29, 0.717) is 11.1 Å². The van der Waals surface area contributed by atoms with Gasteiger partial charge in [0.15, 0.2) is 0 Å². The van der Waals surface area contributed by atoms with Gasteiger partial charge in [0.05, 0.1) is 22.6 Å². The van der Waals surface area contributed by atoms with E-state index < -0.39 is 33.8 Å². The third kappa shape index (κ3) is 4.73. The van der Waals surface area contributed by atoms with Crippen LogP contribution in [0.25, 0.3) is 0 Å². The van der Waals surface area contributed by atoms with Gasteiger partial charge in [-0.05, 0) is 55.2 Å². The number of esters is 1. The van der Waals surface area contributed by atoms with Crippen LogP contribution < -0.4 is 4.72 Å². The predicted molar refractivity (Wildman–Crippen MR) is 118 cm³/mol. The molecule has 1 aliphatic rings. The lowest BCUT2D eigenvalue weighted by molar-refractivity contribution is -0.147. The van der Waals surface area contributed by atoms with Gasteiger partial charge in [-0.2, -0.15) is 4.72 Å². The van der Waals surface area contributed by atoms with Crippen molar-refractivity contribution in [1.29, 1.82) is 0 Å². The van der Waals surface area contributed by atoms with Crippen LogP contribution in [0, 0.1) is 19.8 Å². The SMILES string of the molecule is Cc1ccc(S(=O)(=O)N[C@@H](C(=O)OCCN2C(=O)c3ccccc3C2=O)C(C)C)cc1C. The number of fused-ring (bicyclic) bond motifs is 1. The number of hydrogen-bond donors (Lipinski definition) is 1. The maximum Gasteiger partial charge on any atom is 0.324 e. The molecule has 0 radical (unpaired) electrons. The lowest BCUT2D eigenvalue weighted by atomic mass is 10.1. The van der Waals surface area contributed by atoms with Crippen molar-refractivity contribution in [2.45, 2.75) is 38.6 Å². The monoisotopic (exact) mass is 458 g/mol. The Morgan fingerprint density at radius 3 is 2.12 bits per heavy atom. The third-order valence-corrected chi connectivity index (χ3v) is 6.87. The number of benzene rings is 2. The quantitative estimate of drug-likeness (QED) is 0.481. The van der Waals surface area contributed by atoms with Gasteiger partial charge in [0, 0.05) is 0 Å². The van der Waals surface area contributed by atoms with Gasteiger partial charge in [-0.15, -0.1) is 0 Å². The molecule has 8 nitrogen and oxygen atoms in total. The molecular formula is C23H26N2O6S. The Morgan fingerprint density at radius 2 is 1.59 bits per heavy atom. The van der Waals surface area contributed by atoms with Crippen LogP contribution in [0.1, 0.15) is 45.7 Å². The summed E-state index contributed by atoms with van der Waals surface area (Å²) in [6.07, 6.45) is 0. The van der Waals surface area contributed by atoms with Crippen molar-refractivity contribution in [2.75, 3.05) is 13.2 Å². The van der Waals surface area contributed by atoms with Gasteiger partial charge in [0.1, 0.15) is 12.6 Å². The molecule has 1 aliphatic heterocycles. The third-order valence-electron chi connectivity index (χ3n) is 5.43. The van der Waals surface area contributed by atoms with Crippen molar-refractivity contribution in [1.82, 2.24) is 9.62 Å². The summed E-state index contributed by atoms with van der Waals surface area (Å²) >= 11 is 0. The summed E-state index contributed by atoms with van der Waals surface area (Å²) in [5.41, 5.74) is 2.39. The van der Waals surface area contributed by atoms with E-state index in [1.165, 1.54) is 6.07 Å². The summed E-state index contributed by atoms with van der Waals surface area (Å²) in [4.78, 5) is 38.5. The second-order valence-electron chi connectivity index (χ2n) is 8.06. The molecule has 1 atom stereocenters. The van der Waals surface area contributed by atoms with Crippen LogP contribution in [-0.4, -0.2) is 50.3 Å². The molecule has 0 fully saturated rings. The van der Waals surface area contributed by atoms with Crippen molar-refractivity contribution in [2.24, 2.45) is 5.92 Å². The number of rotatable bonds is 8. The summed E-state index contributed by atoms with van der Waals surface area (Å²) in [7, 11) is -3.95. The molecule has 0 saturated carbocycles. The van der Waals surface area contributed by atoms with Gasteiger partial charge in [0.25, 0.3) is 11.8 Å². The van der Waals surface area contributed by atoms with Crippen molar-refractivity contribution < 1.29 is 27.5 Å². The van der Waals surface area contributed by atoms with Gasteiger partial charge >= 0.3 is 5.97 Å². The number of carbonyl (C=O) groups excluding carboxylic acids is 3. The maximum absolute atomic E-state index is 12.8. The Kier molecular flexibility index (Phi) is 6.80. The minimum absolute atomic E-state index is 0.0603. The molecule has 2 aromatic carbocycles. The van der Waals surface area contributed by atoms with Crippen LogP contribution in [0.4, 0.5) is 0 Å². The summed E-state index contributed by atoms with van der Waals surface area (Å²) in [5.74, 6) is -2.05. The molecule has 0 aliphatic carbocycles. The average Bonchev–Trinajstić information content (AvgIpc) is 2.98. The van der Waals surface area contributed by atoms with E-state index in [1.54, 1.807) is 50.2 Å². The summed E-state index contributed by atoms with van der Waals surface area (Å²) < 4.78 is 33.2. The van der Waals surface area contributed by atoms with Gasteiger partial charge in [0.2, 0.25) is 10.0 Å². The molecule has 0 bridgehead atoms. The van der Waals surface area contributed by atoms with Crippen molar-refractivity contribution >= 4 is 27.8 Å². The molecule has 0 saturated heterocycles. The van der Waals surface area contributed by atoms with Crippen LogP contribution in [0.15, 0.2) is 47.4 Å². The fourth-order valence-corrected chi connectivity index (χ4v) is 4.76. The largest absolute Gasteiger partial charge is 0.463 e. The van der Waals surface area contributed by atoms with E-state index in [0.717, 1.165) is 16.0 Å². The standard InChI is InChI=1S/C23H26N2O6S/c1-14(2)20(24-32(29,30)17-10-9-15(3)16(4)13-17)23(28)31-12-11-25-21(26)18-7-5-6-8-19(18)22(25)27/h5-10,13-14,20,24H,11-12H2,1-4H3/t20-/m1/s1. The van der Waals surface area contributed by atoms with E-state index in [-0.39, 0.29) is 24.0 Å². The van der Waals surface area contributed by atoms with Gasteiger partial charge < -0.3 is 4.74 Å². The molecule has 0 unspecified atom stereocenters. The molecule has 170 valence electrons. The summed E-state index contributed by atoms with van der Waals surface area (Å²) in [6.45, 7) is 6.72. The van der Waals surface area contributed by atoms with Gasteiger partial charge in [-0.3, -0.25) is 19.3 Å². The predicted octanol–water partition coefficient (Wildman–Crippen LogP) is 2.45. The highest BCUT2D eigenvalue weighted by Gasteiger charge is 2.35. The first-order valence-electron chi connectivity index (χ1n) is 10.2. The van der Waals surface area contributed by atoms with Crippen LogP contribution in [0.3, 0.4) is 0 Å². The second-order valence-corrected chi connectivity index (χ2v) is 9.78. The molecule has 2 aromatic rings. The molecule has 2 amide bonds. The number of amides is 2. The normalized spacial score (nSPS) is 14.6. The average molecular weight is 459 g/mol. The molecular weight excluding hydrogens is 432 g/mol. The number of nitrogens with zero attached hydrogens (tertiary/aromatic N) is 1. The van der Waals surface area contributed by atoms with E-state index in [4.69, 9.17) is 4.74 Å². The number of ether oxygens (including phenoxy) is 1. The molecule has 9 heteroatoms. The van der Waals surface area contributed by atoms with E-state index in [2.05, 4.69) is 4.72 Å². The number of carbonyl (C=O) groups is 3. The van der Waals surface area contributed by atoms with Crippen molar-refractivity contribution in [3.63, 3.8) is 0 Å². The lowest BCUT2D eigenvalue weighted by Crippen LogP contribution is -2.46. The summed E-state index contributed by atoms with van der Waals surface area (Å²) in [6, 6.07) is 10.1. The van der Waals surface area contributed by atoms with Crippen molar-refractivity contribution in [3.8, 4) is 0 Å². The number of sulfonamides is 1. The first kappa shape index (κ1) is 23.6. The zero-order chi connectivity index (χ0) is 23.6.